The van der Waals surface area contributed by atoms with Crippen molar-refractivity contribution >= 4 is 5.69 Å². The van der Waals surface area contributed by atoms with Crippen molar-refractivity contribution in [2.45, 2.75) is 20.3 Å². The molecule has 1 N–H and O–H groups in total. The van der Waals surface area contributed by atoms with E-state index in [4.69, 9.17) is 9.47 Å². The summed E-state index contributed by atoms with van der Waals surface area (Å²) in [5.41, 5.74) is 2.11. The number of hydrogen-bond donors (Lipinski definition) is 1. The minimum atomic E-state index is 0.532. The predicted octanol–water partition coefficient (Wildman–Crippen LogP) is 6.29. The van der Waals surface area contributed by atoms with E-state index >= 15 is 0 Å². The standard InChI is InChI=1S/C23H27NO2/c1-4-5-6-7-8-9-10-17-25-23-16-15-21(18-22(23)24-3)26-20-13-11-19(2)12-14-20/h4-7,9-16,18,24H,8,17H2,1-3H3/b5-4-,7-6+,10-9?. The van der Waals surface area contributed by atoms with Crippen LogP contribution in [0.15, 0.2) is 78.9 Å². The SMILES string of the molecule is C/C=C\C=C\CC=CCOc1ccc(Oc2ccc(C)cc2)cc1NC. The summed E-state index contributed by atoms with van der Waals surface area (Å²) in [4.78, 5) is 0. The molecular weight excluding hydrogens is 322 g/mol. The molecular formula is C23H27NO2. The molecule has 26 heavy (non-hydrogen) atoms. The van der Waals surface area contributed by atoms with Crippen LogP contribution in [0.2, 0.25) is 0 Å². The third kappa shape index (κ3) is 6.52. The lowest BCUT2D eigenvalue weighted by Gasteiger charge is -2.12. The summed E-state index contributed by atoms with van der Waals surface area (Å²) < 4.78 is 11.7. The molecule has 0 heterocycles. The Morgan fingerprint density at radius 3 is 2.42 bits per heavy atom. The van der Waals surface area contributed by atoms with Crippen LogP contribution in [-0.4, -0.2) is 13.7 Å². The van der Waals surface area contributed by atoms with Crippen molar-refractivity contribution in [2.75, 3.05) is 19.0 Å². The van der Waals surface area contributed by atoms with Crippen molar-refractivity contribution < 1.29 is 9.47 Å². The zero-order chi connectivity index (χ0) is 18.6. The van der Waals surface area contributed by atoms with E-state index in [2.05, 4.69) is 24.4 Å². The molecule has 0 aliphatic carbocycles. The minimum absolute atomic E-state index is 0.532. The van der Waals surface area contributed by atoms with E-state index in [1.807, 2.05) is 80.7 Å². The molecule has 0 unspecified atom stereocenters. The van der Waals surface area contributed by atoms with Gasteiger partial charge in [0, 0.05) is 13.1 Å². The smallest absolute Gasteiger partial charge is 0.143 e. The van der Waals surface area contributed by atoms with E-state index in [-0.39, 0.29) is 0 Å². The molecule has 0 saturated carbocycles. The van der Waals surface area contributed by atoms with Gasteiger partial charge in [0.15, 0.2) is 0 Å². The number of ether oxygens (including phenoxy) is 2. The first-order valence-electron chi connectivity index (χ1n) is 8.85. The number of aryl methyl sites for hydroxylation is 1. The first-order chi connectivity index (χ1) is 12.7. The van der Waals surface area contributed by atoms with Crippen LogP contribution in [0.25, 0.3) is 0 Å². The normalized spacial score (nSPS) is 11.5. The highest BCUT2D eigenvalue weighted by atomic mass is 16.5. The molecule has 0 aliphatic rings. The van der Waals surface area contributed by atoms with Gasteiger partial charge in [-0.15, -0.1) is 0 Å². The summed E-state index contributed by atoms with van der Waals surface area (Å²) in [5.74, 6) is 2.40. The zero-order valence-corrected chi connectivity index (χ0v) is 15.7. The van der Waals surface area contributed by atoms with Crippen LogP contribution in [0.3, 0.4) is 0 Å². The van der Waals surface area contributed by atoms with Crippen LogP contribution in [-0.2, 0) is 0 Å². The second kappa shape index (κ2) is 10.8. The number of hydrogen-bond acceptors (Lipinski definition) is 3. The Morgan fingerprint density at radius 1 is 0.923 bits per heavy atom. The molecule has 0 saturated heterocycles. The van der Waals surface area contributed by atoms with E-state index in [0.29, 0.717) is 6.61 Å². The topological polar surface area (TPSA) is 30.5 Å². The lowest BCUT2D eigenvalue weighted by atomic mass is 10.2. The van der Waals surface area contributed by atoms with Gasteiger partial charge >= 0.3 is 0 Å². The van der Waals surface area contributed by atoms with Crippen molar-refractivity contribution in [3.63, 3.8) is 0 Å². The van der Waals surface area contributed by atoms with E-state index in [0.717, 1.165) is 29.4 Å². The van der Waals surface area contributed by atoms with Crippen molar-refractivity contribution in [1.82, 2.24) is 0 Å². The summed E-state index contributed by atoms with van der Waals surface area (Å²) in [7, 11) is 1.87. The quantitative estimate of drug-likeness (QED) is 0.426. The largest absolute Gasteiger partial charge is 0.487 e. The third-order valence-electron chi connectivity index (χ3n) is 3.69. The Labute approximate surface area is 156 Å². The van der Waals surface area contributed by atoms with Crippen LogP contribution >= 0.6 is 0 Å². The Balaban J connectivity index is 1.91. The van der Waals surface area contributed by atoms with Crippen LogP contribution in [0, 0.1) is 6.92 Å². The van der Waals surface area contributed by atoms with Gasteiger partial charge in [-0.3, -0.25) is 0 Å². The molecule has 136 valence electrons. The fraction of sp³-hybridized carbons (Fsp3) is 0.217. The lowest BCUT2D eigenvalue weighted by molar-refractivity contribution is 0.363. The summed E-state index contributed by atoms with van der Waals surface area (Å²) >= 11 is 0. The van der Waals surface area contributed by atoms with Gasteiger partial charge in [0.2, 0.25) is 0 Å². The van der Waals surface area contributed by atoms with Gasteiger partial charge < -0.3 is 14.8 Å². The van der Waals surface area contributed by atoms with Crippen molar-refractivity contribution in [1.29, 1.82) is 0 Å². The maximum atomic E-state index is 5.90. The van der Waals surface area contributed by atoms with Crippen molar-refractivity contribution in [2.24, 2.45) is 0 Å². The summed E-state index contributed by atoms with van der Waals surface area (Å²) in [6.45, 7) is 4.59. The molecule has 2 rings (SSSR count). The molecule has 0 atom stereocenters. The molecule has 2 aromatic rings. The average Bonchev–Trinajstić information content (AvgIpc) is 2.66. The highest BCUT2D eigenvalue weighted by Gasteiger charge is 2.05. The fourth-order valence-electron chi connectivity index (χ4n) is 2.29. The van der Waals surface area contributed by atoms with Crippen molar-refractivity contribution in [3.8, 4) is 17.2 Å². The molecule has 2 aromatic carbocycles. The number of nitrogens with one attached hydrogen (secondary N) is 1. The van der Waals surface area contributed by atoms with Gasteiger partial charge in [0.25, 0.3) is 0 Å². The Bertz CT molecular complexity index is 758. The third-order valence-corrected chi connectivity index (χ3v) is 3.69. The molecule has 0 radical (unpaired) electrons. The monoisotopic (exact) mass is 349 g/mol. The predicted molar refractivity (Wildman–Crippen MR) is 110 cm³/mol. The summed E-state index contributed by atoms with van der Waals surface area (Å²) in [5, 5.41) is 3.16. The van der Waals surface area contributed by atoms with Gasteiger partial charge in [0.1, 0.15) is 23.9 Å². The average molecular weight is 349 g/mol. The number of anilines is 1. The maximum absolute atomic E-state index is 5.90. The maximum Gasteiger partial charge on any atom is 0.143 e. The first-order valence-corrected chi connectivity index (χ1v) is 8.85. The van der Waals surface area contributed by atoms with Crippen LogP contribution < -0.4 is 14.8 Å². The molecule has 3 nitrogen and oxygen atoms in total. The van der Waals surface area contributed by atoms with Gasteiger partial charge in [-0.05, 0) is 44.5 Å². The second-order valence-electron chi connectivity index (χ2n) is 5.80. The molecule has 0 spiro atoms. The molecule has 0 amide bonds. The lowest BCUT2D eigenvalue weighted by Crippen LogP contribution is -1.99. The van der Waals surface area contributed by atoms with Crippen LogP contribution in [0.1, 0.15) is 18.9 Å². The zero-order valence-electron chi connectivity index (χ0n) is 15.7. The van der Waals surface area contributed by atoms with E-state index in [1.54, 1.807) is 0 Å². The molecule has 3 heteroatoms. The number of allylic oxidation sites excluding steroid dienone is 5. The van der Waals surface area contributed by atoms with Gasteiger partial charge in [0.05, 0.1) is 5.69 Å². The molecule has 0 fully saturated rings. The van der Waals surface area contributed by atoms with Crippen LogP contribution in [0.4, 0.5) is 5.69 Å². The Kier molecular flexibility index (Phi) is 8.07. The summed E-state index contributed by atoms with van der Waals surface area (Å²) in [6.07, 6.45) is 13.2. The molecule has 0 aromatic heterocycles. The highest BCUT2D eigenvalue weighted by molar-refractivity contribution is 5.59. The molecule has 0 aliphatic heterocycles. The number of benzene rings is 2. The van der Waals surface area contributed by atoms with E-state index < -0.39 is 0 Å². The van der Waals surface area contributed by atoms with Gasteiger partial charge in [-0.1, -0.05) is 54.2 Å². The van der Waals surface area contributed by atoms with Gasteiger partial charge in [-0.25, -0.2) is 0 Å². The first kappa shape index (κ1) is 19.4. The summed E-state index contributed by atoms with van der Waals surface area (Å²) in [6, 6.07) is 13.8. The van der Waals surface area contributed by atoms with E-state index in [9.17, 15) is 0 Å². The number of rotatable bonds is 9. The minimum Gasteiger partial charge on any atom is -0.487 e. The van der Waals surface area contributed by atoms with E-state index in [1.165, 1.54) is 5.56 Å². The Morgan fingerprint density at radius 2 is 1.69 bits per heavy atom. The fourth-order valence-corrected chi connectivity index (χ4v) is 2.29. The van der Waals surface area contributed by atoms with Crippen molar-refractivity contribution in [3.05, 3.63) is 84.5 Å². The highest BCUT2D eigenvalue weighted by Crippen LogP contribution is 2.31. The van der Waals surface area contributed by atoms with Crippen LogP contribution in [0.5, 0.6) is 17.2 Å². The Hall–Kier alpha value is -2.94. The second-order valence-corrected chi connectivity index (χ2v) is 5.80. The van der Waals surface area contributed by atoms with Gasteiger partial charge in [-0.2, -0.15) is 0 Å². The molecule has 0 bridgehead atoms.